The highest BCUT2D eigenvalue weighted by atomic mass is 31.2. The fourth-order valence-corrected chi connectivity index (χ4v) is 1.26. The highest BCUT2D eigenvalue weighted by Crippen LogP contribution is 2.43. The summed E-state index contributed by atoms with van der Waals surface area (Å²) < 4.78 is 43.4. The number of hydrogen-bond donors (Lipinski definition) is 0. The third kappa shape index (κ3) is 7.84. The van der Waals surface area contributed by atoms with E-state index in [0.717, 1.165) is 12.2 Å². The van der Waals surface area contributed by atoms with Crippen LogP contribution in [0.25, 0.3) is 0 Å². The highest BCUT2D eigenvalue weighted by molar-refractivity contribution is 7.52. The van der Waals surface area contributed by atoms with Gasteiger partial charge in [0, 0.05) is 6.66 Å². The van der Waals surface area contributed by atoms with Gasteiger partial charge in [-0.05, 0) is 12.2 Å². The van der Waals surface area contributed by atoms with Crippen LogP contribution in [0.4, 0.5) is 8.78 Å². The van der Waals surface area contributed by atoms with Crippen molar-refractivity contribution in [2.24, 2.45) is 0 Å². The van der Waals surface area contributed by atoms with E-state index in [0.29, 0.717) is 0 Å². The summed E-state index contributed by atoms with van der Waals surface area (Å²) in [6, 6.07) is 0. The van der Waals surface area contributed by atoms with E-state index in [9.17, 15) is 13.3 Å². The molecule has 0 radical (unpaired) electrons. The van der Waals surface area contributed by atoms with Gasteiger partial charge in [-0.25, -0.2) is 8.78 Å². The van der Waals surface area contributed by atoms with Crippen molar-refractivity contribution in [3.8, 4) is 0 Å². The molecule has 76 valence electrons. The zero-order chi connectivity index (χ0) is 10.2. The highest BCUT2D eigenvalue weighted by Gasteiger charge is 2.14. The maximum Gasteiger partial charge on any atom is 0.328 e. The molecule has 3 nitrogen and oxygen atoms in total. The van der Waals surface area contributed by atoms with E-state index in [1.54, 1.807) is 0 Å². The molecule has 0 rings (SSSR count). The Labute approximate surface area is 75.6 Å². The van der Waals surface area contributed by atoms with Crippen LogP contribution in [0.1, 0.15) is 0 Å². The summed E-state index contributed by atoms with van der Waals surface area (Å²) in [6.45, 7) is 0.957. The second-order valence-electron chi connectivity index (χ2n) is 2.09. The van der Waals surface area contributed by atoms with Crippen molar-refractivity contribution in [3.63, 3.8) is 0 Å². The van der Waals surface area contributed by atoms with E-state index in [1.807, 2.05) is 0 Å². The van der Waals surface area contributed by atoms with Gasteiger partial charge in [-0.2, -0.15) is 0 Å². The molecule has 0 amide bonds. The largest absolute Gasteiger partial charge is 0.328 e. The van der Waals surface area contributed by atoms with Crippen molar-refractivity contribution in [2.75, 3.05) is 19.9 Å². The molecule has 0 bridgehead atoms. The Morgan fingerprint density at radius 1 is 1.15 bits per heavy atom. The summed E-state index contributed by atoms with van der Waals surface area (Å²) in [5, 5.41) is 0. The predicted octanol–water partition coefficient (Wildman–Crippen LogP) is 2.81. The van der Waals surface area contributed by atoms with Gasteiger partial charge in [0.15, 0.2) is 0 Å². The van der Waals surface area contributed by atoms with Gasteiger partial charge in [0.2, 0.25) is 0 Å². The summed E-state index contributed by atoms with van der Waals surface area (Å²) in [7, 11) is -3.19. The van der Waals surface area contributed by atoms with Crippen molar-refractivity contribution < 1.29 is 22.4 Å². The molecular weight excluding hydrogens is 201 g/mol. The second kappa shape index (κ2) is 6.95. The zero-order valence-electron chi connectivity index (χ0n) is 7.15. The first-order valence-corrected chi connectivity index (χ1v) is 5.48. The molecule has 0 spiro atoms. The maximum atomic E-state index is 11.4. The standard InChI is InChI=1S/C7H11F2O3P/c1-13(10,11-6-2-4-8)12-7-3-5-9/h2-5H,6-7H2,1H3/b4-2+,5-3+. The molecule has 0 aliphatic heterocycles. The molecule has 0 aromatic carbocycles. The molecule has 0 aliphatic carbocycles. The van der Waals surface area contributed by atoms with Gasteiger partial charge >= 0.3 is 7.60 Å². The minimum Gasteiger partial charge on any atom is -0.304 e. The van der Waals surface area contributed by atoms with E-state index in [4.69, 9.17) is 0 Å². The van der Waals surface area contributed by atoms with Gasteiger partial charge in [0.05, 0.1) is 25.9 Å². The Kier molecular flexibility index (Phi) is 6.68. The van der Waals surface area contributed by atoms with Gasteiger partial charge in [-0.15, -0.1) is 0 Å². The fourth-order valence-electron chi connectivity index (χ4n) is 0.467. The summed E-state index contributed by atoms with van der Waals surface area (Å²) in [6.07, 6.45) is 2.65. The minimum absolute atomic E-state index is 0.135. The van der Waals surface area contributed by atoms with Gasteiger partial charge < -0.3 is 9.05 Å². The van der Waals surface area contributed by atoms with E-state index in [-0.39, 0.29) is 25.9 Å². The molecule has 0 saturated carbocycles. The maximum absolute atomic E-state index is 11.4. The number of halogens is 2. The van der Waals surface area contributed by atoms with Crippen molar-refractivity contribution >= 4 is 7.60 Å². The number of hydrogen-bond acceptors (Lipinski definition) is 3. The molecule has 0 saturated heterocycles. The molecule has 13 heavy (non-hydrogen) atoms. The Morgan fingerprint density at radius 2 is 1.54 bits per heavy atom. The SMILES string of the molecule is CP(=O)(OC/C=C/F)OC/C=C/F. The van der Waals surface area contributed by atoms with Crippen molar-refractivity contribution in [1.82, 2.24) is 0 Å². The normalized spacial score (nSPS) is 13.2. The lowest BCUT2D eigenvalue weighted by molar-refractivity contribution is 0.241. The first kappa shape index (κ1) is 12.5. The molecule has 0 unspecified atom stereocenters. The quantitative estimate of drug-likeness (QED) is 0.635. The van der Waals surface area contributed by atoms with Crippen LogP contribution in [-0.2, 0) is 13.6 Å². The lowest BCUT2D eigenvalue weighted by Gasteiger charge is -2.10. The summed E-state index contributed by atoms with van der Waals surface area (Å²) in [5.74, 6) is 0. The van der Waals surface area contributed by atoms with E-state index in [1.165, 1.54) is 6.66 Å². The molecule has 0 atom stereocenters. The Bertz CT molecular complexity index is 208. The van der Waals surface area contributed by atoms with Gasteiger partial charge in [0.25, 0.3) is 0 Å². The van der Waals surface area contributed by atoms with Crippen LogP contribution in [0.5, 0.6) is 0 Å². The zero-order valence-corrected chi connectivity index (χ0v) is 8.05. The molecule has 0 aliphatic rings. The third-order valence-electron chi connectivity index (χ3n) is 0.989. The van der Waals surface area contributed by atoms with Crippen LogP contribution in [-0.4, -0.2) is 19.9 Å². The first-order chi connectivity index (χ1) is 6.12. The van der Waals surface area contributed by atoms with Crippen molar-refractivity contribution in [2.45, 2.75) is 0 Å². The second-order valence-corrected chi connectivity index (χ2v) is 4.15. The smallest absolute Gasteiger partial charge is 0.304 e. The fraction of sp³-hybridized carbons (Fsp3) is 0.429. The molecule has 6 heteroatoms. The van der Waals surface area contributed by atoms with Crippen LogP contribution in [0.15, 0.2) is 24.8 Å². The van der Waals surface area contributed by atoms with Crippen LogP contribution in [0.3, 0.4) is 0 Å². The minimum atomic E-state index is -3.19. The Hall–Kier alpha value is -0.510. The van der Waals surface area contributed by atoms with Crippen LogP contribution >= 0.6 is 7.60 Å². The first-order valence-electron chi connectivity index (χ1n) is 3.49. The average Bonchev–Trinajstić information content (AvgIpc) is 2.05. The molecule has 0 fully saturated rings. The van der Waals surface area contributed by atoms with Crippen molar-refractivity contribution in [1.29, 1.82) is 0 Å². The average molecular weight is 212 g/mol. The lowest BCUT2D eigenvalue weighted by Crippen LogP contribution is -1.94. The molecule has 0 aromatic heterocycles. The number of rotatable bonds is 6. The van der Waals surface area contributed by atoms with Crippen LogP contribution in [0.2, 0.25) is 0 Å². The summed E-state index contributed by atoms with van der Waals surface area (Å²) in [5.41, 5.74) is 0. The van der Waals surface area contributed by atoms with E-state index in [2.05, 4.69) is 9.05 Å². The lowest BCUT2D eigenvalue weighted by atomic mass is 10.7. The van der Waals surface area contributed by atoms with Crippen LogP contribution in [0, 0.1) is 0 Å². The molecular formula is C7H11F2O3P. The predicted molar refractivity (Wildman–Crippen MR) is 45.9 cm³/mol. The van der Waals surface area contributed by atoms with Crippen LogP contribution < -0.4 is 0 Å². The van der Waals surface area contributed by atoms with E-state index < -0.39 is 7.60 Å². The van der Waals surface area contributed by atoms with Gasteiger partial charge in [-0.3, -0.25) is 4.57 Å². The summed E-state index contributed by atoms with van der Waals surface area (Å²) >= 11 is 0. The molecule has 0 aromatic rings. The Balaban J connectivity index is 3.73. The molecule has 0 N–H and O–H groups in total. The summed E-state index contributed by atoms with van der Waals surface area (Å²) in [4.78, 5) is 0. The topological polar surface area (TPSA) is 35.5 Å². The molecule has 0 heterocycles. The third-order valence-corrected chi connectivity index (χ3v) is 2.22. The van der Waals surface area contributed by atoms with Gasteiger partial charge in [-0.1, -0.05) is 0 Å². The Morgan fingerprint density at radius 3 is 1.85 bits per heavy atom. The van der Waals surface area contributed by atoms with E-state index >= 15 is 0 Å². The monoisotopic (exact) mass is 212 g/mol. The van der Waals surface area contributed by atoms with Crippen molar-refractivity contribution in [3.05, 3.63) is 24.8 Å². The van der Waals surface area contributed by atoms with Gasteiger partial charge in [0.1, 0.15) is 0 Å².